The average molecular weight is 211 g/mol. The van der Waals surface area contributed by atoms with Crippen LogP contribution in [0.15, 0.2) is 36.7 Å². The molecule has 4 nitrogen and oxygen atoms in total. The first kappa shape index (κ1) is 8.91. The number of carbonyl (C=O) groups excluding carboxylic acids is 1. The summed E-state index contributed by atoms with van der Waals surface area (Å²) >= 11 is 0. The molecule has 2 aromatic rings. The SMILES string of the molecule is O=C1Nc2ccccc2/C1=C/c1ncc[nH]1. The zero-order valence-electron chi connectivity index (χ0n) is 8.40. The number of aromatic nitrogens is 2. The van der Waals surface area contributed by atoms with Crippen LogP contribution in [0.25, 0.3) is 11.6 Å². The third-order valence-electron chi connectivity index (χ3n) is 2.51. The van der Waals surface area contributed by atoms with Crippen molar-refractivity contribution >= 4 is 23.2 Å². The van der Waals surface area contributed by atoms with Crippen LogP contribution in [0.1, 0.15) is 11.4 Å². The number of anilines is 1. The van der Waals surface area contributed by atoms with Gasteiger partial charge in [-0.1, -0.05) is 18.2 Å². The molecule has 1 aliphatic rings. The molecule has 78 valence electrons. The molecule has 0 radical (unpaired) electrons. The number of nitrogens with one attached hydrogen (secondary N) is 2. The highest BCUT2D eigenvalue weighted by molar-refractivity contribution is 6.34. The molecule has 16 heavy (non-hydrogen) atoms. The summed E-state index contributed by atoms with van der Waals surface area (Å²) in [4.78, 5) is 18.8. The lowest BCUT2D eigenvalue weighted by Crippen LogP contribution is -2.03. The van der Waals surface area contributed by atoms with Gasteiger partial charge in [0.15, 0.2) is 0 Å². The van der Waals surface area contributed by atoms with E-state index in [4.69, 9.17) is 0 Å². The van der Waals surface area contributed by atoms with Gasteiger partial charge in [0.05, 0.1) is 5.57 Å². The number of rotatable bonds is 1. The second kappa shape index (κ2) is 3.34. The number of imidazole rings is 1. The Bertz CT molecular complexity index is 570. The van der Waals surface area contributed by atoms with Gasteiger partial charge in [-0.25, -0.2) is 4.98 Å². The summed E-state index contributed by atoms with van der Waals surface area (Å²) in [6, 6.07) is 7.61. The molecule has 1 aromatic heterocycles. The lowest BCUT2D eigenvalue weighted by atomic mass is 10.1. The summed E-state index contributed by atoms with van der Waals surface area (Å²) in [7, 11) is 0. The zero-order valence-corrected chi connectivity index (χ0v) is 8.40. The Kier molecular flexibility index (Phi) is 1.86. The van der Waals surface area contributed by atoms with Gasteiger partial charge in [0.1, 0.15) is 5.82 Å². The van der Waals surface area contributed by atoms with Crippen LogP contribution in [0.3, 0.4) is 0 Å². The zero-order chi connectivity index (χ0) is 11.0. The first-order chi connectivity index (χ1) is 7.84. The summed E-state index contributed by atoms with van der Waals surface area (Å²) in [6.45, 7) is 0. The summed E-state index contributed by atoms with van der Waals surface area (Å²) in [6.07, 6.45) is 5.14. The molecular weight excluding hydrogens is 202 g/mol. The fraction of sp³-hybridized carbons (Fsp3) is 0. The van der Waals surface area contributed by atoms with Gasteiger partial charge < -0.3 is 10.3 Å². The van der Waals surface area contributed by atoms with Crippen LogP contribution in [-0.4, -0.2) is 15.9 Å². The highest BCUT2D eigenvalue weighted by Gasteiger charge is 2.23. The topological polar surface area (TPSA) is 57.8 Å². The molecule has 0 atom stereocenters. The fourth-order valence-electron chi connectivity index (χ4n) is 1.78. The molecule has 1 aliphatic heterocycles. The normalized spacial score (nSPS) is 16.2. The lowest BCUT2D eigenvalue weighted by molar-refractivity contribution is -0.110. The van der Waals surface area contributed by atoms with Gasteiger partial charge in [0.25, 0.3) is 5.91 Å². The van der Waals surface area contributed by atoms with Crippen molar-refractivity contribution in [2.45, 2.75) is 0 Å². The van der Waals surface area contributed by atoms with Gasteiger partial charge in [-0.05, 0) is 12.1 Å². The number of fused-ring (bicyclic) bond motifs is 1. The number of para-hydroxylation sites is 1. The number of benzene rings is 1. The van der Waals surface area contributed by atoms with Crippen molar-refractivity contribution in [1.82, 2.24) is 9.97 Å². The number of carbonyl (C=O) groups is 1. The van der Waals surface area contributed by atoms with Gasteiger partial charge >= 0.3 is 0 Å². The minimum atomic E-state index is -0.0856. The van der Waals surface area contributed by atoms with E-state index < -0.39 is 0 Å². The molecule has 2 N–H and O–H groups in total. The van der Waals surface area contributed by atoms with Crippen molar-refractivity contribution in [3.05, 3.63) is 48.0 Å². The fourth-order valence-corrected chi connectivity index (χ4v) is 1.78. The molecule has 1 aromatic carbocycles. The van der Waals surface area contributed by atoms with Crippen LogP contribution in [0, 0.1) is 0 Å². The predicted octanol–water partition coefficient (Wildman–Crippen LogP) is 1.90. The van der Waals surface area contributed by atoms with Crippen LogP contribution < -0.4 is 5.32 Å². The van der Waals surface area contributed by atoms with Gasteiger partial charge in [-0.2, -0.15) is 0 Å². The van der Waals surface area contributed by atoms with Crippen LogP contribution in [0.5, 0.6) is 0 Å². The largest absolute Gasteiger partial charge is 0.345 e. The number of amides is 1. The molecule has 0 saturated heterocycles. The molecular formula is C12H9N3O. The van der Waals surface area contributed by atoms with E-state index in [-0.39, 0.29) is 5.91 Å². The van der Waals surface area contributed by atoms with Crippen LogP contribution in [0.2, 0.25) is 0 Å². The molecule has 1 amide bonds. The van der Waals surface area contributed by atoms with Crippen molar-refractivity contribution < 1.29 is 4.79 Å². The lowest BCUT2D eigenvalue weighted by Gasteiger charge is -1.95. The molecule has 3 rings (SSSR count). The van der Waals surface area contributed by atoms with Gasteiger partial charge in [0, 0.05) is 23.6 Å². The maximum atomic E-state index is 11.7. The summed E-state index contributed by atoms with van der Waals surface area (Å²) in [5, 5.41) is 2.81. The molecule has 0 unspecified atom stereocenters. The van der Waals surface area contributed by atoms with Crippen molar-refractivity contribution in [2.24, 2.45) is 0 Å². The highest BCUT2D eigenvalue weighted by Crippen LogP contribution is 2.31. The first-order valence-electron chi connectivity index (χ1n) is 4.96. The second-order valence-electron chi connectivity index (χ2n) is 3.53. The third-order valence-corrected chi connectivity index (χ3v) is 2.51. The van der Waals surface area contributed by atoms with E-state index in [0.717, 1.165) is 11.3 Å². The van der Waals surface area contributed by atoms with Gasteiger partial charge in [-0.15, -0.1) is 0 Å². The Morgan fingerprint density at radius 3 is 2.94 bits per heavy atom. The third kappa shape index (κ3) is 1.32. The summed E-state index contributed by atoms with van der Waals surface area (Å²) < 4.78 is 0. The van der Waals surface area contributed by atoms with Crippen LogP contribution in [0.4, 0.5) is 5.69 Å². The molecule has 2 heterocycles. The van der Waals surface area contributed by atoms with E-state index >= 15 is 0 Å². The molecule has 0 saturated carbocycles. The Morgan fingerprint density at radius 1 is 1.25 bits per heavy atom. The molecule has 0 fully saturated rings. The minimum Gasteiger partial charge on any atom is -0.345 e. The average Bonchev–Trinajstić information content (AvgIpc) is 2.89. The van der Waals surface area contributed by atoms with E-state index in [1.165, 1.54) is 0 Å². The van der Waals surface area contributed by atoms with Gasteiger partial charge in [0.2, 0.25) is 0 Å². The molecule has 4 heteroatoms. The standard InChI is InChI=1S/C12H9N3O/c16-12-9(7-11-13-5-6-14-11)8-3-1-2-4-10(8)15-12/h1-7H,(H,13,14)(H,15,16)/b9-7-. The van der Waals surface area contributed by atoms with E-state index in [0.29, 0.717) is 11.4 Å². The predicted molar refractivity (Wildman–Crippen MR) is 61.5 cm³/mol. The number of H-pyrrole nitrogens is 1. The monoisotopic (exact) mass is 211 g/mol. The number of hydrogen-bond acceptors (Lipinski definition) is 2. The molecule has 0 bridgehead atoms. The summed E-state index contributed by atoms with van der Waals surface area (Å²) in [5.74, 6) is 0.597. The maximum Gasteiger partial charge on any atom is 0.256 e. The Hall–Kier alpha value is -2.36. The molecule has 0 aliphatic carbocycles. The van der Waals surface area contributed by atoms with Crippen molar-refractivity contribution in [3.8, 4) is 0 Å². The molecule has 0 spiro atoms. The van der Waals surface area contributed by atoms with Crippen LogP contribution >= 0.6 is 0 Å². The van der Waals surface area contributed by atoms with E-state index in [1.807, 2.05) is 24.3 Å². The number of aromatic amines is 1. The van der Waals surface area contributed by atoms with E-state index in [1.54, 1.807) is 18.5 Å². The van der Waals surface area contributed by atoms with Gasteiger partial charge in [-0.3, -0.25) is 4.79 Å². The number of nitrogens with zero attached hydrogens (tertiary/aromatic N) is 1. The first-order valence-corrected chi connectivity index (χ1v) is 4.96. The van der Waals surface area contributed by atoms with Crippen molar-refractivity contribution in [1.29, 1.82) is 0 Å². The van der Waals surface area contributed by atoms with E-state index in [2.05, 4.69) is 15.3 Å². The van der Waals surface area contributed by atoms with Crippen molar-refractivity contribution in [3.63, 3.8) is 0 Å². The van der Waals surface area contributed by atoms with E-state index in [9.17, 15) is 4.79 Å². The van der Waals surface area contributed by atoms with Crippen molar-refractivity contribution in [2.75, 3.05) is 5.32 Å². The highest BCUT2D eigenvalue weighted by atomic mass is 16.2. The number of hydrogen-bond donors (Lipinski definition) is 2. The Morgan fingerprint density at radius 2 is 2.12 bits per heavy atom. The second-order valence-corrected chi connectivity index (χ2v) is 3.53. The van der Waals surface area contributed by atoms with Crippen LogP contribution in [-0.2, 0) is 4.79 Å². The Labute approximate surface area is 92.0 Å². The Balaban J connectivity index is 2.12. The quantitative estimate of drug-likeness (QED) is 0.708. The minimum absolute atomic E-state index is 0.0856. The summed E-state index contributed by atoms with van der Waals surface area (Å²) in [5.41, 5.74) is 2.42. The smallest absolute Gasteiger partial charge is 0.256 e. The maximum absolute atomic E-state index is 11.7.